The quantitative estimate of drug-likeness (QED) is 0.744. The number of rotatable bonds is 3. The Morgan fingerprint density at radius 2 is 1.77 bits per heavy atom. The highest BCUT2D eigenvalue weighted by Crippen LogP contribution is 2.28. The van der Waals surface area contributed by atoms with Crippen molar-refractivity contribution in [2.45, 2.75) is 6.18 Å². The summed E-state index contributed by atoms with van der Waals surface area (Å²) in [6.07, 6.45) is -0.0301. The van der Waals surface area contributed by atoms with Crippen molar-refractivity contribution in [1.29, 1.82) is 0 Å². The lowest BCUT2D eigenvalue weighted by Crippen LogP contribution is -2.08. The van der Waals surface area contributed by atoms with Crippen LogP contribution in [0.5, 0.6) is 11.6 Å². The van der Waals surface area contributed by atoms with Crippen LogP contribution in [-0.4, -0.2) is 24.7 Å². The first kappa shape index (κ1) is 14.0. The summed E-state index contributed by atoms with van der Waals surface area (Å²) in [6.45, 7) is 0. The second-order valence-electron chi connectivity index (χ2n) is 4.17. The molecule has 0 aliphatic carbocycles. The number of hydrogen-bond donors (Lipinski definition) is 0. The van der Waals surface area contributed by atoms with Gasteiger partial charge in [-0.15, -0.1) is 0 Å². The molecule has 112 valence electrons. The summed E-state index contributed by atoms with van der Waals surface area (Å²) in [6, 6.07) is 6.72. The van der Waals surface area contributed by atoms with Crippen molar-refractivity contribution in [3.8, 4) is 17.3 Å². The average Bonchev–Trinajstić information content (AvgIpc) is 3.02. The van der Waals surface area contributed by atoms with Crippen molar-refractivity contribution >= 4 is 0 Å². The predicted molar refractivity (Wildman–Crippen MR) is 68.5 cm³/mol. The summed E-state index contributed by atoms with van der Waals surface area (Å²) in [5, 5.41) is 3.97. The molecular weight excluding hydrogens is 299 g/mol. The van der Waals surface area contributed by atoms with Gasteiger partial charge in [0, 0.05) is 0 Å². The molecule has 0 atom stereocenters. The minimum Gasteiger partial charge on any atom is -0.438 e. The zero-order valence-corrected chi connectivity index (χ0v) is 10.9. The van der Waals surface area contributed by atoms with Crippen LogP contribution in [0.2, 0.25) is 0 Å². The topological polar surface area (TPSA) is 65.7 Å². The number of nitrogens with zero attached hydrogens (tertiary/aromatic N) is 5. The molecule has 2 aromatic heterocycles. The fourth-order valence-corrected chi connectivity index (χ4v) is 1.64. The first-order chi connectivity index (χ1) is 10.5. The number of halogens is 3. The lowest BCUT2D eigenvalue weighted by molar-refractivity contribution is -0.141. The van der Waals surface area contributed by atoms with Gasteiger partial charge in [0.05, 0.1) is 18.1 Å². The number of alkyl halides is 3. The minimum absolute atomic E-state index is 0.0264. The smallest absolute Gasteiger partial charge is 0.434 e. The Morgan fingerprint density at radius 3 is 2.32 bits per heavy atom. The van der Waals surface area contributed by atoms with Crippen molar-refractivity contribution in [3.63, 3.8) is 0 Å². The highest BCUT2D eigenvalue weighted by molar-refractivity contribution is 5.37. The molecule has 2 heterocycles. The predicted octanol–water partition coefficient (Wildman–Crippen LogP) is 2.87. The first-order valence-corrected chi connectivity index (χ1v) is 6.04. The number of benzene rings is 1. The Hall–Kier alpha value is -2.97. The van der Waals surface area contributed by atoms with Crippen molar-refractivity contribution in [1.82, 2.24) is 24.7 Å². The largest absolute Gasteiger partial charge is 0.438 e. The molecule has 0 aliphatic rings. The molecule has 9 heteroatoms. The third-order valence-electron chi connectivity index (χ3n) is 2.66. The second kappa shape index (κ2) is 5.43. The lowest BCUT2D eigenvalue weighted by atomic mass is 10.3. The highest BCUT2D eigenvalue weighted by Gasteiger charge is 2.32. The van der Waals surface area contributed by atoms with Crippen LogP contribution >= 0.6 is 0 Å². The van der Waals surface area contributed by atoms with Crippen LogP contribution in [0.1, 0.15) is 5.69 Å². The molecule has 1 aromatic carbocycles. The van der Waals surface area contributed by atoms with Crippen LogP contribution in [-0.2, 0) is 6.18 Å². The van der Waals surface area contributed by atoms with E-state index >= 15 is 0 Å². The molecule has 0 fully saturated rings. The van der Waals surface area contributed by atoms with Gasteiger partial charge in [0.15, 0.2) is 5.69 Å². The molecule has 0 amide bonds. The van der Waals surface area contributed by atoms with Gasteiger partial charge >= 0.3 is 6.18 Å². The van der Waals surface area contributed by atoms with Crippen LogP contribution in [0.15, 0.2) is 49.3 Å². The van der Waals surface area contributed by atoms with E-state index in [0.29, 0.717) is 11.9 Å². The van der Waals surface area contributed by atoms with E-state index in [9.17, 15) is 13.2 Å². The van der Waals surface area contributed by atoms with Gasteiger partial charge in [0.1, 0.15) is 18.4 Å². The van der Waals surface area contributed by atoms with Crippen molar-refractivity contribution in [3.05, 3.63) is 55.0 Å². The monoisotopic (exact) mass is 307 g/mol. The summed E-state index contributed by atoms with van der Waals surface area (Å²) in [7, 11) is 0. The molecule has 0 unspecified atom stereocenters. The zero-order valence-electron chi connectivity index (χ0n) is 10.9. The maximum Gasteiger partial charge on any atom is 0.434 e. The van der Waals surface area contributed by atoms with Gasteiger partial charge in [-0.05, 0) is 24.3 Å². The van der Waals surface area contributed by atoms with Crippen LogP contribution in [0.25, 0.3) is 5.69 Å². The fraction of sp³-hybridized carbons (Fsp3) is 0.0769. The lowest BCUT2D eigenvalue weighted by Gasteiger charge is -2.07. The third kappa shape index (κ3) is 3.03. The number of hydrogen-bond acceptors (Lipinski definition) is 5. The van der Waals surface area contributed by atoms with E-state index < -0.39 is 11.9 Å². The Kier molecular flexibility index (Phi) is 3.45. The van der Waals surface area contributed by atoms with E-state index in [-0.39, 0.29) is 5.88 Å². The SMILES string of the molecule is FC(F)(F)c1cnc(Oc2ccc(-n3cncn3)cc2)cn1. The number of aromatic nitrogens is 5. The van der Waals surface area contributed by atoms with Crippen LogP contribution in [0, 0.1) is 0 Å². The van der Waals surface area contributed by atoms with Gasteiger partial charge in [-0.25, -0.2) is 19.6 Å². The Labute approximate surface area is 122 Å². The molecule has 3 rings (SSSR count). The summed E-state index contributed by atoms with van der Waals surface area (Å²) < 4.78 is 44.0. The maximum atomic E-state index is 12.4. The highest BCUT2D eigenvalue weighted by atomic mass is 19.4. The van der Waals surface area contributed by atoms with Crippen LogP contribution < -0.4 is 4.74 Å². The Balaban J connectivity index is 1.73. The van der Waals surface area contributed by atoms with Crippen molar-refractivity contribution < 1.29 is 17.9 Å². The molecule has 0 aliphatic heterocycles. The second-order valence-corrected chi connectivity index (χ2v) is 4.17. The average molecular weight is 307 g/mol. The van der Waals surface area contributed by atoms with E-state index in [1.54, 1.807) is 28.9 Å². The molecule has 0 saturated carbocycles. The molecule has 22 heavy (non-hydrogen) atoms. The van der Waals surface area contributed by atoms with Crippen molar-refractivity contribution in [2.24, 2.45) is 0 Å². The molecule has 0 spiro atoms. The van der Waals surface area contributed by atoms with Gasteiger partial charge in [-0.2, -0.15) is 18.3 Å². The summed E-state index contributed by atoms with van der Waals surface area (Å²) in [5.41, 5.74) is -0.301. The molecular formula is C13H8F3N5O. The standard InChI is InChI=1S/C13H8F3N5O/c14-13(15,16)11-5-19-12(6-18-11)22-10-3-1-9(2-4-10)21-8-17-7-20-21/h1-8H. The minimum atomic E-state index is -4.52. The molecule has 0 radical (unpaired) electrons. The molecule has 0 N–H and O–H groups in total. The van der Waals surface area contributed by atoms with Crippen LogP contribution in [0.4, 0.5) is 13.2 Å². The summed E-state index contributed by atoms with van der Waals surface area (Å²) in [5.74, 6) is 0.388. The fourth-order valence-electron chi connectivity index (χ4n) is 1.64. The van der Waals surface area contributed by atoms with Gasteiger partial charge in [-0.1, -0.05) is 0 Å². The maximum absolute atomic E-state index is 12.4. The Bertz CT molecular complexity index is 739. The molecule has 3 aromatic rings. The first-order valence-electron chi connectivity index (χ1n) is 6.04. The van der Waals surface area contributed by atoms with E-state index in [0.717, 1.165) is 11.9 Å². The molecule has 6 nitrogen and oxygen atoms in total. The van der Waals surface area contributed by atoms with Crippen molar-refractivity contribution in [2.75, 3.05) is 0 Å². The van der Waals surface area contributed by atoms with Crippen LogP contribution in [0.3, 0.4) is 0 Å². The molecule has 0 saturated heterocycles. The van der Waals surface area contributed by atoms with Gasteiger partial charge in [0.2, 0.25) is 5.88 Å². The molecule has 0 bridgehead atoms. The van der Waals surface area contributed by atoms with E-state index in [1.807, 2.05) is 0 Å². The van der Waals surface area contributed by atoms with E-state index in [1.165, 1.54) is 12.7 Å². The number of ether oxygens (including phenoxy) is 1. The van der Waals surface area contributed by atoms with Gasteiger partial charge in [0.25, 0.3) is 0 Å². The Morgan fingerprint density at radius 1 is 1.00 bits per heavy atom. The summed E-state index contributed by atoms with van der Waals surface area (Å²) >= 11 is 0. The van der Waals surface area contributed by atoms with E-state index in [4.69, 9.17) is 4.74 Å². The summed E-state index contributed by atoms with van der Waals surface area (Å²) in [4.78, 5) is 10.7. The zero-order chi connectivity index (χ0) is 15.6. The van der Waals surface area contributed by atoms with Gasteiger partial charge in [-0.3, -0.25) is 0 Å². The third-order valence-corrected chi connectivity index (χ3v) is 2.66. The van der Waals surface area contributed by atoms with Gasteiger partial charge < -0.3 is 4.74 Å². The normalized spacial score (nSPS) is 11.4. The van der Waals surface area contributed by atoms with E-state index in [2.05, 4.69) is 20.1 Å².